The maximum atomic E-state index is 13.9. The second-order valence-corrected chi connectivity index (χ2v) is 7.06. The number of carboxylic acid groups (broad SMARTS) is 1. The molecule has 2 bridgehead atoms. The molecule has 0 spiro atoms. The summed E-state index contributed by atoms with van der Waals surface area (Å²) in [4.78, 5) is 19.5. The highest BCUT2D eigenvalue weighted by Gasteiger charge is 2.44. The maximum Gasteiger partial charge on any atom is 0.490 e. The Morgan fingerprint density at radius 2 is 2.00 bits per heavy atom. The molecule has 3 heterocycles. The van der Waals surface area contributed by atoms with Gasteiger partial charge in [0.25, 0.3) is 5.88 Å². The molecule has 2 aromatic heterocycles. The van der Waals surface area contributed by atoms with Crippen LogP contribution >= 0.6 is 0 Å². The number of hydrogen-bond acceptors (Lipinski definition) is 6. The zero-order chi connectivity index (χ0) is 22.4. The SMILES string of the molecule is Fc1cccnc1OC1C2CCC1N(Cc1cccnc1)CCO2.O=C(O)C(F)(F)F. The fourth-order valence-electron chi connectivity index (χ4n) is 3.63. The Morgan fingerprint density at radius 1 is 1.26 bits per heavy atom. The van der Waals surface area contributed by atoms with Crippen LogP contribution in [0.1, 0.15) is 18.4 Å². The number of carbonyl (C=O) groups is 1. The standard InChI is InChI=1S/C18H20FN3O2.C2HF3O2/c19-14-4-2-8-21-18(14)24-17-15-5-6-16(17)23-10-9-22(15)12-13-3-1-7-20-11-13;3-2(4,5)1(6)7/h1-4,7-8,11,15-17H,5-6,9-10,12H2;(H,6,7). The van der Waals surface area contributed by atoms with Crippen LogP contribution in [-0.2, 0) is 16.1 Å². The lowest BCUT2D eigenvalue weighted by atomic mass is 10.1. The molecule has 168 valence electrons. The Balaban J connectivity index is 0.000000339. The molecule has 0 aromatic carbocycles. The van der Waals surface area contributed by atoms with Crippen molar-refractivity contribution in [2.75, 3.05) is 13.2 Å². The lowest BCUT2D eigenvalue weighted by Gasteiger charge is -2.31. The van der Waals surface area contributed by atoms with Gasteiger partial charge in [0.15, 0.2) is 5.82 Å². The van der Waals surface area contributed by atoms with E-state index in [4.69, 9.17) is 19.4 Å². The van der Waals surface area contributed by atoms with E-state index in [1.165, 1.54) is 6.07 Å². The summed E-state index contributed by atoms with van der Waals surface area (Å²) in [6.07, 6.45) is 1.81. The lowest BCUT2D eigenvalue weighted by Crippen LogP contribution is -2.44. The van der Waals surface area contributed by atoms with Gasteiger partial charge in [0.1, 0.15) is 6.10 Å². The first kappa shape index (κ1) is 22.9. The first-order valence-electron chi connectivity index (χ1n) is 9.57. The number of rotatable bonds is 4. The molecule has 2 fully saturated rings. The molecule has 31 heavy (non-hydrogen) atoms. The van der Waals surface area contributed by atoms with Gasteiger partial charge < -0.3 is 14.6 Å². The van der Waals surface area contributed by atoms with Crippen LogP contribution in [0.2, 0.25) is 0 Å². The largest absolute Gasteiger partial charge is 0.490 e. The molecule has 1 saturated heterocycles. The minimum atomic E-state index is -5.08. The van der Waals surface area contributed by atoms with E-state index in [1.54, 1.807) is 18.5 Å². The predicted octanol–water partition coefficient (Wildman–Crippen LogP) is 3.06. The molecule has 1 N–H and O–H groups in total. The van der Waals surface area contributed by atoms with Crippen LogP contribution in [-0.4, -0.2) is 63.5 Å². The molecular weight excluding hydrogens is 422 g/mol. The molecule has 1 saturated carbocycles. The quantitative estimate of drug-likeness (QED) is 0.727. The number of pyridine rings is 2. The third-order valence-electron chi connectivity index (χ3n) is 5.00. The monoisotopic (exact) mass is 443 g/mol. The van der Waals surface area contributed by atoms with Crippen molar-refractivity contribution in [3.8, 4) is 5.88 Å². The number of fused-ring (bicyclic) bond motifs is 2. The van der Waals surface area contributed by atoms with E-state index in [0.717, 1.165) is 31.5 Å². The molecule has 2 aliphatic rings. The summed E-state index contributed by atoms with van der Waals surface area (Å²) < 4.78 is 57.6. The highest BCUT2D eigenvalue weighted by molar-refractivity contribution is 5.73. The van der Waals surface area contributed by atoms with Gasteiger partial charge in [-0.25, -0.2) is 14.2 Å². The van der Waals surface area contributed by atoms with E-state index in [-0.39, 0.29) is 24.1 Å². The van der Waals surface area contributed by atoms with Crippen molar-refractivity contribution in [1.82, 2.24) is 14.9 Å². The van der Waals surface area contributed by atoms with Crippen molar-refractivity contribution < 1.29 is 36.9 Å². The van der Waals surface area contributed by atoms with Crippen LogP contribution < -0.4 is 4.74 Å². The zero-order valence-corrected chi connectivity index (χ0v) is 16.3. The maximum absolute atomic E-state index is 13.9. The van der Waals surface area contributed by atoms with Crippen molar-refractivity contribution in [1.29, 1.82) is 0 Å². The van der Waals surface area contributed by atoms with E-state index < -0.39 is 18.0 Å². The molecule has 4 rings (SSSR count). The smallest absolute Gasteiger partial charge is 0.475 e. The Morgan fingerprint density at radius 3 is 2.65 bits per heavy atom. The fourth-order valence-corrected chi connectivity index (χ4v) is 3.63. The average molecular weight is 443 g/mol. The van der Waals surface area contributed by atoms with Gasteiger partial charge >= 0.3 is 12.1 Å². The summed E-state index contributed by atoms with van der Waals surface area (Å²) in [5, 5.41) is 7.12. The van der Waals surface area contributed by atoms with Crippen molar-refractivity contribution in [2.45, 2.75) is 43.8 Å². The molecule has 3 unspecified atom stereocenters. The lowest BCUT2D eigenvalue weighted by molar-refractivity contribution is -0.192. The van der Waals surface area contributed by atoms with Crippen molar-refractivity contribution in [3.05, 3.63) is 54.2 Å². The van der Waals surface area contributed by atoms with Crippen LogP contribution in [0.5, 0.6) is 5.88 Å². The topological polar surface area (TPSA) is 84.8 Å². The third-order valence-corrected chi connectivity index (χ3v) is 5.00. The minimum absolute atomic E-state index is 0.00435. The fraction of sp³-hybridized carbons (Fsp3) is 0.450. The van der Waals surface area contributed by atoms with Gasteiger partial charge in [-0.1, -0.05) is 6.07 Å². The van der Waals surface area contributed by atoms with Crippen LogP contribution in [0, 0.1) is 5.82 Å². The Hall–Kier alpha value is -2.79. The van der Waals surface area contributed by atoms with Gasteiger partial charge in [-0.05, 0) is 36.6 Å². The van der Waals surface area contributed by atoms with Crippen LogP contribution in [0.3, 0.4) is 0 Å². The summed E-state index contributed by atoms with van der Waals surface area (Å²) in [6.45, 7) is 2.28. The van der Waals surface area contributed by atoms with Gasteiger partial charge in [0, 0.05) is 37.7 Å². The minimum Gasteiger partial charge on any atom is -0.475 e. The Labute approximate surface area is 175 Å². The molecule has 7 nitrogen and oxygen atoms in total. The molecule has 2 aromatic rings. The number of halogens is 4. The summed E-state index contributed by atoms with van der Waals surface area (Å²) in [5.74, 6) is -3.13. The van der Waals surface area contributed by atoms with E-state index in [0.29, 0.717) is 6.61 Å². The van der Waals surface area contributed by atoms with Crippen LogP contribution in [0.25, 0.3) is 0 Å². The Kier molecular flexibility index (Phi) is 7.39. The van der Waals surface area contributed by atoms with E-state index in [2.05, 4.69) is 20.9 Å². The number of ether oxygens (including phenoxy) is 2. The van der Waals surface area contributed by atoms with Gasteiger partial charge in [0.2, 0.25) is 0 Å². The van der Waals surface area contributed by atoms with Crippen molar-refractivity contribution in [3.63, 3.8) is 0 Å². The number of nitrogens with zero attached hydrogens (tertiary/aromatic N) is 3. The molecule has 1 aliphatic carbocycles. The molecule has 3 atom stereocenters. The van der Waals surface area contributed by atoms with E-state index >= 15 is 0 Å². The third kappa shape index (κ3) is 6.11. The van der Waals surface area contributed by atoms with Crippen LogP contribution in [0.15, 0.2) is 42.9 Å². The first-order valence-corrected chi connectivity index (χ1v) is 9.57. The molecule has 0 amide bonds. The highest BCUT2D eigenvalue weighted by Crippen LogP contribution is 2.33. The summed E-state index contributed by atoms with van der Waals surface area (Å²) in [6, 6.07) is 7.14. The normalized spacial score (nSPS) is 23.4. The number of aromatic nitrogens is 2. The van der Waals surface area contributed by atoms with Gasteiger partial charge in [-0.15, -0.1) is 0 Å². The second kappa shape index (κ2) is 10.0. The zero-order valence-electron chi connectivity index (χ0n) is 16.3. The predicted molar refractivity (Wildman–Crippen MR) is 99.7 cm³/mol. The molecule has 11 heteroatoms. The summed E-state index contributed by atoms with van der Waals surface area (Å²) >= 11 is 0. The van der Waals surface area contributed by atoms with E-state index in [1.807, 2.05) is 12.3 Å². The summed E-state index contributed by atoms with van der Waals surface area (Å²) in [5.41, 5.74) is 1.16. The van der Waals surface area contributed by atoms with Crippen molar-refractivity contribution >= 4 is 5.97 Å². The number of hydrogen-bond donors (Lipinski definition) is 1. The van der Waals surface area contributed by atoms with Crippen LogP contribution in [0.4, 0.5) is 17.6 Å². The first-order chi connectivity index (χ1) is 14.8. The van der Waals surface area contributed by atoms with E-state index in [9.17, 15) is 17.6 Å². The van der Waals surface area contributed by atoms with Gasteiger partial charge in [-0.3, -0.25) is 9.88 Å². The average Bonchev–Trinajstić information content (AvgIpc) is 3.03. The second-order valence-electron chi connectivity index (χ2n) is 7.06. The highest BCUT2D eigenvalue weighted by atomic mass is 19.4. The number of carboxylic acids is 1. The molecule has 1 aliphatic heterocycles. The molecule has 0 radical (unpaired) electrons. The number of aliphatic carboxylic acids is 1. The number of alkyl halides is 3. The molecular formula is C20H21F4N3O4. The summed E-state index contributed by atoms with van der Waals surface area (Å²) in [7, 11) is 0. The Bertz CT molecular complexity index is 869. The van der Waals surface area contributed by atoms with Gasteiger partial charge in [-0.2, -0.15) is 13.2 Å². The van der Waals surface area contributed by atoms with Gasteiger partial charge in [0.05, 0.1) is 12.7 Å². The van der Waals surface area contributed by atoms with Crippen molar-refractivity contribution in [2.24, 2.45) is 0 Å².